The summed E-state index contributed by atoms with van der Waals surface area (Å²) in [5, 5.41) is 10.4. The number of carboxylic acid groups (broad SMARTS) is 1. The van der Waals surface area contributed by atoms with E-state index in [1.54, 1.807) is 6.07 Å². The smallest absolute Gasteiger partial charge is 0.307 e. The van der Waals surface area contributed by atoms with Crippen molar-refractivity contribution in [2.45, 2.75) is 51.7 Å². The van der Waals surface area contributed by atoms with E-state index in [9.17, 15) is 9.90 Å². The molecule has 4 aromatic rings. The molecule has 0 aliphatic heterocycles. The van der Waals surface area contributed by atoms with Gasteiger partial charge in [0.15, 0.2) is 0 Å². The van der Waals surface area contributed by atoms with Gasteiger partial charge in [0.25, 0.3) is 0 Å². The van der Waals surface area contributed by atoms with Crippen LogP contribution in [0.5, 0.6) is 5.75 Å². The number of carbonyl (C=O) groups is 1. The van der Waals surface area contributed by atoms with Crippen molar-refractivity contribution in [3.05, 3.63) is 86.9 Å². The van der Waals surface area contributed by atoms with Crippen molar-refractivity contribution in [3.63, 3.8) is 0 Å². The molecule has 36 heavy (non-hydrogen) atoms. The lowest BCUT2D eigenvalue weighted by atomic mass is 9.78. The second-order valence-corrected chi connectivity index (χ2v) is 10.7. The molecule has 1 N–H and O–H groups in total. The van der Waals surface area contributed by atoms with Crippen molar-refractivity contribution in [3.8, 4) is 5.75 Å². The highest BCUT2D eigenvalue weighted by Gasteiger charge is 2.35. The van der Waals surface area contributed by atoms with E-state index in [1.807, 2.05) is 43.5 Å². The zero-order valence-corrected chi connectivity index (χ0v) is 22.3. The number of imidazole rings is 1. The van der Waals surface area contributed by atoms with Gasteiger partial charge in [-0.1, -0.05) is 58.6 Å². The van der Waals surface area contributed by atoms with E-state index in [0.717, 1.165) is 51.9 Å². The maximum atomic E-state index is 12.1. The standard InChI is InChI=1S/C28H27BrClN3O3/c1-17-6-11-20(31-14-17)16-36-21-12-24(30)26-25(13-21)33(15-18-7-9-19(29)10-8-18)27(32-26)22-4-2-3-5-23(22)28(34)35/h6-14,22-23H,2-5,15-16H2,1H3,(H,34,35)/t22?,23-/m0/s1. The summed E-state index contributed by atoms with van der Waals surface area (Å²) in [4.78, 5) is 21.5. The molecule has 6 nitrogen and oxygen atoms in total. The van der Waals surface area contributed by atoms with Crippen LogP contribution in [0.3, 0.4) is 0 Å². The summed E-state index contributed by atoms with van der Waals surface area (Å²) >= 11 is 10.2. The largest absolute Gasteiger partial charge is 0.487 e. The van der Waals surface area contributed by atoms with Gasteiger partial charge in [0.1, 0.15) is 23.7 Å². The van der Waals surface area contributed by atoms with Crippen LogP contribution in [0.15, 0.2) is 59.2 Å². The normalized spacial score (nSPS) is 17.9. The van der Waals surface area contributed by atoms with Gasteiger partial charge in [-0.2, -0.15) is 0 Å². The predicted octanol–water partition coefficient (Wildman–Crippen LogP) is 7.14. The van der Waals surface area contributed by atoms with Gasteiger partial charge < -0.3 is 14.4 Å². The highest BCUT2D eigenvalue weighted by Crippen LogP contribution is 2.40. The summed E-state index contributed by atoms with van der Waals surface area (Å²) < 4.78 is 9.19. The highest BCUT2D eigenvalue weighted by atomic mass is 79.9. The molecule has 0 radical (unpaired) electrons. The molecule has 1 saturated carbocycles. The molecule has 0 amide bonds. The Hall–Kier alpha value is -2.90. The first kappa shape index (κ1) is 24.8. The van der Waals surface area contributed by atoms with Crippen LogP contribution in [0.2, 0.25) is 5.02 Å². The first-order chi connectivity index (χ1) is 17.4. The molecule has 0 saturated heterocycles. The van der Waals surface area contributed by atoms with Gasteiger partial charge in [-0.15, -0.1) is 0 Å². The molecule has 2 aromatic carbocycles. The second-order valence-electron chi connectivity index (χ2n) is 9.41. The first-order valence-corrected chi connectivity index (χ1v) is 13.3. The summed E-state index contributed by atoms with van der Waals surface area (Å²) in [7, 11) is 0. The Bertz CT molecular complexity index is 1390. The number of benzene rings is 2. The topological polar surface area (TPSA) is 77.2 Å². The first-order valence-electron chi connectivity index (χ1n) is 12.1. The number of hydrogen-bond donors (Lipinski definition) is 1. The molecule has 1 aliphatic carbocycles. The lowest BCUT2D eigenvalue weighted by Crippen LogP contribution is -2.27. The van der Waals surface area contributed by atoms with Gasteiger partial charge in [-0.25, -0.2) is 4.98 Å². The third-order valence-electron chi connectivity index (χ3n) is 6.84. The molecule has 0 bridgehead atoms. The van der Waals surface area contributed by atoms with Gasteiger partial charge in [-0.05, 0) is 49.1 Å². The molecule has 8 heteroatoms. The second kappa shape index (κ2) is 10.6. The number of nitrogens with zero attached hydrogens (tertiary/aromatic N) is 3. The summed E-state index contributed by atoms with van der Waals surface area (Å²) in [5.41, 5.74) is 4.51. The summed E-state index contributed by atoms with van der Waals surface area (Å²) in [6, 6.07) is 15.8. The van der Waals surface area contributed by atoms with Crippen LogP contribution in [0.1, 0.15) is 54.2 Å². The van der Waals surface area contributed by atoms with Gasteiger partial charge in [-0.3, -0.25) is 9.78 Å². The fourth-order valence-electron chi connectivity index (χ4n) is 4.96. The molecular formula is C28H27BrClN3O3. The van der Waals surface area contributed by atoms with Crippen molar-refractivity contribution >= 4 is 44.5 Å². The van der Waals surface area contributed by atoms with Gasteiger partial charge in [0.05, 0.1) is 22.2 Å². The van der Waals surface area contributed by atoms with Crippen LogP contribution in [-0.4, -0.2) is 25.6 Å². The molecule has 186 valence electrons. The number of aromatic nitrogens is 3. The fourth-order valence-corrected chi connectivity index (χ4v) is 5.47. The lowest BCUT2D eigenvalue weighted by molar-refractivity contribution is -0.143. The number of carboxylic acids is 1. The Morgan fingerprint density at radius 3 is 2.67 bits per heavy atom. The fraction of sp³-hybridized carbons (Fsp3) is 0.321. The molecule has 2 aromatic heterocycles. The minimum absolute atomic E-state index is 0.170. The van der Waals surface area contributed by atoms with Crippen LogP contribution in [0, 0.1) is 12.8 Å². The third kappa shape index (κ3) is 5.27. The van der Waals surface area contributed by atoms with Crippen molar-refractivity contribution < 1.29 is 14.6 Å². The minimum Gasteiger partial charge on any atom is -0.487 e. The summed E-state index contributed by atoms with van der Waals surface area (Å²) in [5.74, 6) is 0.0105. The van der Waals surface area contributed by atoms with Crippen molar-refractivity contribution in [2.75, 3.05) is 0 Å². The van der Waals surface area contributed by atoms with Crippen molar-refractivity contribution in [2.24, 2.45) is 5.92 Å². The van der Waals surface area contributed by atoms with Crippen molar-refractivity contribution in [1.29, 1.82) is 0 Å². The van der Waals surface area contributed by atoms with Crippen LogP contribution in [0.4, 0.5) is 0 Å². The maximum absolute atomic E-state index is 12.1. The lowest BCUT2D eigenvalue weighted by Gasteiger charge is -2.28. The Kier molecular flexibility index (Phi) is 7.30. The number of halogens is 2. The van der Waals surface area contributed by atoms with E-state index in [-0.39, 0.29) is 5.92 Å². The molecule has 2 heterocycles. The Labute approximate surface area is 223 Å². The number of aliphatic carboxylic acids is 1. The number of hydrogen-bond acceptors (Lipinski definition) is 4. The van der Waals surface area contributed by atoms with Gasteiger partial charge in [0, 0.05) is 35.3 Å². The molecule has 1 unspecified atom stereocenters. The minimum atomic E-state index is -0.761. The number of fused-ring (bicyclic) bond motifs is 1. The van der Waals surface area contributed by atoms with Gasteiger partial charge >= 0.3 is 5.97 Å². The maximum Gasteiger partial charge on any atom is 0.307 e. The molecule has 0 spiro atoms. The molecular weight excluding hydrogens is 542 g/mol. The zero-order valence-electron chi connectivity index (χ0n) is 20.0. The average molecular weight is 569 g/mol. The number of rotatable bonds is 7. The number of ether oxygens (including phenoxy) is 1. The third-order valence-corrected chi connectivity index (χ3v) is 7.66. The highest BCUT2D eigenvalue weighted by molar-refractivity contribution is 9.10. The number of aryl methyl sites for hydroxylation is 1. The summed E-state index contributed by atoms with van der Waals surface area (Å²) in [6.07, 6.45) is 5.18. The van der Waals surface area contributed by atoms with E-state index in [4.69, 9.17) is 21.3 Å². The molecule has 2 atom stereocenters. The summed E-state index contributed by atoms with van der Waals surface area (Å²) in [6.45, 7) is 2.87. The van der Waals surface area contributed by atoms with Gasteiger partial charge in [0.2, 0.25) is 0 Å². The van der Waals surface area contributed by atoms with E-state index in [2.05, 4.69) is 37.6 Å². The average Bonchev–Trinajstić information content (AvgIpc) is 3.23. The van der Waals surface area contributed by atoms with Crippen molar-refractivity contribution in [1.82, 2.24) is 14.5 Å². The van der Waals surface area contributed by atoms with E-state index >= 15 is 0 Å². The molecule has 1 fully saturated rings. The predicted molar refractivity (Wildman–Crippen MR) is 144 cm³/mol. The molecule has 1 aliphatic rings. The quantitative estimate of drug-likeness (QED) is 0.256. The van der Waals surface area contributed by atoms with Crippen LogP contribution >= 0.6 is 27.5 Å². The van der Waals surface area contributed by atoms with E-state index in [0.29, 0.717) is 35.9 Å². The van der Waals surface area contributed by atoms with Crippen LogP contribution in [0.25, 0.3) is 11.0 Å². The monoisotopic (exact) mass is 567 g/mol. The number of pyridine rings is 1. The Morgan fingerprint density at radius 1 is 1.17 bits per heavy atom. The Balaban J connectivity index is 1.57. The zero-order chi connectivity index (χ0) is 25.2. The Morgan fingerprint density at radius 2 is 1.94 bits per heavy atom. The SMILES string of the molecule is Cc1ccc(COc2cc(Cl)c3nc(C4CCCC[C@@H]4C(=O)O)n(Cc4ccc(Br)cc4)c3c2)nc1. The molecule has 5 rings (SSSR count). The van der Waals surface area contributed by atoms with E-state index in [1.165, 1.54) is 0 Å². The van der Waals surface area contributed by atoms with Crippen LogP contribution < -0.4 is 4.74 Å². The van der Waals surface area contributed by atoms with Crippen LogP contribution in [-0.2, 0) is 17.9 Å². The van der Waals surface area contributed by atoms with E-state index < -0.39 is 11.9 Å².